The number of ether oxygens (including phenoxy) is 3. The molecule has 0 amide bonds. The molecule has 0 aromatic rings. The van der Waals surface area contributed by atoms with Crippen molar-refractivity contribution in [2.24, 2.45) is 11.8 Å². The Hall–Kier alpha value is -0.120. The van der Waals surface area contributed by atoms with Crippen LogP contribution in [0.2, 0.25) is 0 Å². The smallest absolute Gasteiger partial charge is 0.163 e. The van der Waals surface area contributed by atoms with E-state index in [1.54, 1.807) is 7.11 Å². The van der Waals surface area contributed by atoms with E-state index in [1.807, 2.05) is 0 Å². The summed E-state index contributed by atoms with van der Waals surface area (Å²) in [6.45, 7) is 5.34. The maximum Gasteiger partial charge on any atom is 0.163 e. The molecule has 2 heterocycles. The Bertz CT molecular complexity index is 232. The van der Waals surface area contributed by atoms with Gasteiger partial charge in [-0.3, -0.25) is 0 Å². The summed E-state index contributed by atoms with van der Waals surface area (Å²) >= 11 is 0. The lowest BCUT2D eigenvalue weighted by Crippen LogP contribution is -2.27. The Morgan fingerprint density at radius 2 is 2.06 bits per heavy atom. The topological polar surface area (TPSA) is 27.7 Å². The van der Waals surface area contributed by atoms with E-state index in [-0.39, 0.29) is 18.5 Å². The molecule has 0 aliphatic carbocycles. The first-order valence-electron chi connectivity index (χ1n) is 7.07. The molecule has 0 bridgehead atoms. The Labute approximate surface area is 105 Å². The van der Waals surface area contributed by atoms with Crippen LogP contribution in [0.25, 0.3) is 0 Å². The van der Waals surface area contributed by atoms with E-state index >= 15 is 0 Å². The van der Waals surface area contributed by atoms with Gasteiger partial charge >= 0.3 is 0 Å². The van der Waals surface area contributed by atoms with Gasteiger partial charge in [-0.05, 0) is 12.3 Å². The fourth-order valence-electron chi connectivity index (χ4n) is 3.14. The summed E-state index contributed by atoms with van der Waals surface area (Å²) in [6, 6.07) is 0. The SMILES string of the molecule is CCCCCC[C@H]1O[C@@H](OC)[C@@H]2[C@H]1OC[C@H]2C. The minimum Gasteiger partial charge on any atom is -0.375 e. The molecule has 5 atom stereocenters. The number of hydrogen-bond acceptors (Lipinski definition) is 3. The monoisotopic (exact) mass is 242 g/mol. The predicted molar refractivity (Wildman–Crippen MR) is 66.8 cm³/mol. The number of methoxy groups -OCH3 is 1. The zero-order valence-electron chi connectivity index (χ0n) is 11.4. The van der Waals surface area contributed by atoms with Crippen molar-refractivity contribution >= 4 is 0 Å². The summed E-state index contributed by atoms with van der Waals surface area (Å²) in [4.78, 5) is 0. The molecule has 2 aliphatic heterocycles. The molecular formula is C14H26O3. The van der Waals surface area contributed by atoms with Crippen LogP contribution in [-0.4, -0.2) is 32.2 Å². The average Bonchev–Trinajstić information content (AvgIpc) is 2.87. The molecule has 0 aromatic heterocycles. The third kappa shape index (κ3) is 2.83. The summed E-state index contributed by atoms with van der Waals surface area (Å²) in [5.41, 5.74) is 0. The van der Waals surface area contributed by atoms with Gasteiger partial charge in [0.25, 0.3) is 0 Å². The molecule has 0 saturated carbocycles. The molecule has 0 radical (unpaired) electrons. The van der Waals surface area contributed by atoms with Crippen molar-refractivity contribution in [2.45, 2.75) is 64.4 Å². The number of rotatable bonds is 6. The lowest BCUT2D eigenvalue weighted by molar-refractivity contribution is -0.144. The quantitative estimate of drug-likeness (QED) is 0.670. The largest absolute Gasteiger partial charge is 0.375 e. The first-order chi connectivity index (χ1) is 8.27. The number of fused-ring (bicyclic) bond motifs is 1. The highest BCUT2D eigenvalue weighted by Crippen LogP contribution is 2.41. The minimum atomic E-state index is -0.0475. The highest BCUT2D eigenvalue weighted by molar-refractivity contribution is 4.94. The Morgan fingerprint density at radius 1 is 1.24 bits per heavy atom. The first kappa shape index (κ1) is 13.3. The number of unbranched alkanes of at least 4 members (excludes halogenated alkanes) is 3. The second kappa shape index (κ2) is 6.17. The summed E-state index contributed by atoms with van der Waals surface area (Å²) in [6.07, 6.45) is 6.76. The normalized spacial score (nSPS) is 40.8. The van der Waals surface area contributed by atoms with Crippen LogP contribution in [0.4, 0.5) is 0 Å². The van der Waals surface area contributed by atoms with Gasteiger partial charge in [0.15, 0.2) is 6.29 Å². The van der Waals surface area contributed by atoms with Gasteiger partial charge in [-0.15, -0.1) is 0 Å². The Kier molecular flexibility index (Phi) is 4.83. The van der Waals surface area contributed by atoms with Crippen molar-refractivity contribution in [1.29, 1.82) is 0 Å². The second-order valence-electron chi connectivity index (χ2n) is 5.48. The van der Waals surface area contributed by atoms with E-state index in [1.165, 1.54) is 25.7 Å². The van der Waals surface area contributed by atoms with Crippen LogP contribution in [0.5, 0.6) is 0 Å². The van der Waals surface area contributed by atoms with Crippen LogP contribution < -0.4 is 0 Å². The second-order valence-corrected chi connectivity index (χ2v) is 5.48. The van der Waals surface area contributed by atoms with Gasteiger partial charge in [-0.25, -0.2) is 0 Å². The van der Waals surface area contributed by atoms with E-state index in [0.29, 0.717) is 11.8 Å². The molecule has 2 fully saturated rings. The van der Waals surface area contributed by atoms with Crippen LogP contribution >= 0.6 is 0 Å². The summed E-state index contributed by atoms with van der Waals surface area (Å²) < 4.78 is 17.3. The van der Waals surface area contributed by atoms with Gasteiger partial charge in [0.05, 0.1) is 18.8 Å². The van der Waals surface area contributed by atoms with Crippen molar-refractivity contribution < 1.29 is 14.2 Å². The van der Waals surface area contributed by atoms with Gasteiger partial charge < -0.3 is 14.2 Å². The molecule has 0 spiro atoms. The molecule has 2 aliphatic rings. The van der Waals surface area contributed by atoms with Crippen LogP contribution in [0, 0.1) is 11.8 Å². The molecule has 17 heavy (non-hydrogen) atoms. The van der Waals surface area contributed by atoms with Crippen molar-refractivity contribution in [3.05, 3.63) is 0 Å². The molecule has 0 unspecified atom stereocenters. The Morgan fingerprint density at radius 3 is 2.76 bits per heavy atom. The molecular weight excluding hydrogens is 216 g/mol. The lowest BCUT2D eigenvalue weighted by atomic mass is 9.90. The van der Waals surface area contributed by atoms with Crippen molar-refractivity contribution in [2.75, 3.05) is 13.7 Å². The fraction of sp³-hybridized carbons (Fsp3) is 1.00. The van der Waals surface area contributed by atoms with Crippen molar-refractivity contribution in [3.63, 3.8) is 0 Å². The van der Waals surface area contributed by atoms with Crippen molar-refractivity contribution in [1.82, 2.24) is 0 Å². The molecule has 0 aromatic carbocycles. The van der Waals surface area contributed by atoms with Gasteiger partial charge in [0.2, 0.25) is 0 Å². The van der Waals surface area contributed by atoms with Gasteiger partial charge in [-0.2, -0.15) is 0 Å². The zero-order chi connectivity index (χ0) is 12.3. The van der Waals surface area contributed by atoms with Gasteiger partial charge in [0, 0.05) is 13.0 Å². The fourth-order valence-corrected chi connectivity index (χ4v) is 3.14. The first-order valence-corrected chi connectivity index (χ1v) is 7.07. The summed E-state index contributed by atoms with van der Waals surface area (Å²) in [5.74, 6) is 1.00. The summed E-state index contributed by atoms with van der Waals surface area (Å²) in [5, 5.41) is 0. The van der Waals surface area contributed by atoms with E-state index in [2.05, 4.69) is 13.8 Å². The van der Waals surface area contributed by atoms with Crippen LogP contribution in [0.15, 0.2) is 0 Å². The third-order valence-electron chi connectivity index (χ3n) is 4.15. The summed E-state index contributed by atoms with van der Waals surface area (Å²) in [7, 11) is 1.74. The molecule has 3 nitrogen and oxygen atoms in total. The van der Waals surface area contributed by atoms with E-state index in [4.69, 9.17) is 14.2 Å². The predicted octanol–water partition coefficient (Wildman–Crippen LogP) is 2.98. The van der Waals surface area contributed by atoms with Crippen molar-refractivity contribution in [3.8, 4) is 0 Å². The third-order valence-corrected chi connectivity index (χ3v) is 4.15. The Balaban J connectivity index is 1.83. The van der Waals surface area contributed by atoms with Crippen LogP contribution in [-0.2, 0) is 14.2 Å². The maximum absolute atomic E-state index is 5.98. The molecule has 3 heteroatoms. The van der Waals surface area contributed by atoms with Crippen LogP contribution in [0.3, 0.4) is 0 Å². The number of hydrogen-bond donors (Lipinski definition) is 0. The highest BCUT2D eigenvalue weighted by Gasteiger charge is 2.51. The standard InChI is InChI=1S/C14H26O3/c1-4-5-6-7-8-11-13-12(10(2)9-16-13)14(15-3)17-11/h10-14H,4-9H2,1-3H3/t10-,11-,12+,13+,14-/m1/s1. The molecule has 2 rings (SSSR count). The van der Waals surface area contributed by atoms with E-state index in [0.717, 1.165) is 13.0 Å². The van der Waals surface area contributed by atoms with Gasteiger partial charge in [-0.1, -0.05) is 39.5 Å². The van der Waals surface area contributed by atoms with E-state index < -0.39 is 0 Å². The molecule has 0 N–H and O–H groups in total. The zero-order valence-corrected chi connectivity index (χ0v) is 11.4. The van der Waals surface area contributed by atoms with E-state index in [9.17, 15) is 0 Å². The van der Waals surface area contributed by atoms with Crippen LogP contribution in [0.1, 0.15) is 46.0 Å². The maximum atomic E-state index is 5.98. The molecule has 2 saturated heterocycles. The minimum absolute atomic E-state index is 0.0475. The lowest BCUT2D eigenvalue weighted by Gasteiger charge is -2.17. The molecule has 100 valence electrons. The average molecular weight is 242 g/mol. The highest BCUT2D eigenvalue weighted by atomic mass is 16.7. The van der Waals surface area contributed by atoms with Gasteiger partial charge in [0.1, 0.15) is 0 Å².